The number of hydrogen-bond acceptors (Lipinski definition) is 6. The summed E-state index contributed by atoms with van der Waals surface area (Å²) in [5, 5.41) is 5.78. The number of nitrogens with zero attached hydrogens (tertiary/aromatic N) is 2. The van der Waals surface area contributed by atoms with Gasteiger partial charge in [0.2, 0.25) is 21.7 Å². The lowest BCUT2D eigenvalue weighted by molar-refractivity contribution is 0.354. The summed E-state index contributed by atoms with van der Waals surface area (Å²) < 4.78 is 34.3. The van der Waals surface area contributed by atoms with E-state index < -0.39 is 10.0 Å². The van der Waals surface area contributed by atoms with Crippen LogP contribution in [0.1, 0.15) is 43.1 Å². The SMILES string of the molecule is O=S(=O)(NCc1ccc(Br)cc1)c1cc(-c2noc(C3CCCC3)n2)cs1. The maximum absolute atomic E-state index is 12.6. The van der Waals surface area contributed by atoms with Crippen LogP contribution in [0.15, 0.2) is 48.9 Å². The minimum absolute atomic E-state index is 0.233. The third-order valence-corrected chi connectivity index (χ3v) is 7.99. The Morgan fingerprint density at radius 2 is 1.96 bits per heavy atom. The summed E-state index contributed by atoms with van der Waals surface area (Å²) in [7, 11) is -3.59. The number of nitrogens with one attached hydrogen (secondary N) is 1. The molecule has 0 amide bonds. The molecule has 0 atom stereocenters. The highest BCUT2D eigenvalue weighted by molar-refractivity contribution is 9.10. The minimum Gasteiger partial charge on any atom is -0.339 e. The molecule has 0 aliphatic heterocycles. The van der Waals surface area contributed by atoms with Gasteiger partial charge in [-0.05, 0) is 36.6 Å². The molecule has 3 aromatic rings. The molecule has 6 nitrogen and oxygen atoms in total. The van der Waals surface area contributed by atoms with Crippen molar-refractivity contribution in [1.29, 1.82) is 0 Å². The van der Waals surface area contributed by atoms with Crippen molar-refractivity contribution < 1.29 is 12.9 Å². The van der Waals surface area contributed by atoms with Gasteiger partial charge in [-0.15, -0.1) is 11.3 Å². The van der Waals surface area contributed by atoms with E-state index in [-0.39, 0.29) is 10.8 Å². The van der Waals surface area contributed by atoms with Crippen molar-refractivity contribution in [1.82, 2.24) is 14.9 Å². The van der Waals surface area contributed by atoms with Crippen molar-refractivity contribution >= 4 is 37.3 Å². The summed E-state index contributed by atoms with van der Waals surface area (Å²) >= 11 is 4.52. The van der Waals surface area contributed by atoms with Gasteiger partial charge in [0.15, 0.2) is 0 Å². The number of rotatable bonds is 6. The molecule has 1 aliphatic carbocycles. The third kappa shape index (κ3) is 4.31. The van der Waals surface area contributed by atoms with E-state index in [1.165, 1.54) is 12.8 Å². The summed E-state index contributed by atoms with van der Waals surface area (Å²) in [6.45, 7) is 0.233. The summed E-state index contributed by atoms with van der Waals surface area (Å²) in [6, 6.07) is 9.10. The fourth-order valence-corrected chi connectivity index (χ4v) is 5.60. The average molecular weight is 468 g/mol. The second kappa shape index (κ2) is 7.83. The van der Waals surface area contributed by atoms with Crippen LogP contribution in [0.5, 0.6) is 0 Å². The van der Waals surface area contributed by atoms with Crippen molar-refractivity contribution in [2.45, 2.75) is 42.4 Å². The van der Waals surface area contributed by atoms with E-state index in [9.17, 15) is 8.42 Å². The van der Waals surface area contributed by atoms with E-state index >= 15 is 0 Å². The van der Waals surface area contributed by atoms with Crippen LogP contribution in [-0.4, -0.2) is 18.6 Å². The third-order valence-electron chi connectivity index (χ3n) is 4.62. The Kier molecular flexibility index (Phi) is 5.45. The molecule has 0 unspecified atom stereocenters. The molecule has 0 saturated heterocycles. The number of hydrogen-bond donors (Lipinski definition) is 1. The van der Waals surface area contributed by atoms with E-state index in [4.69, 9.17) is 4.52 Å². The first-order valence-corrected chi connectivity index (χ1v) is 11.8. The Balaban J connectivity index is 1.47. The van der Waals surface area contributed by atoms with Gasteiger partial charge in [0.05, 0.1) is 0 Å². The van der Waals surface area contributed by atoms with Crippen LogP contribution in [0.2, 0.25) is 0 Å². The van der Waals surface area contributed by atoms with E-state index in [1.807, 2.05) is 24.3 Å². The number of benzene rings is 1. The van der Waals surface area contributed by atoms with Gasteiger partial charge < -0.3 is 4.52 Å². The number of aromatic nitrogens is 2. The molecule has 2 aromatic heterocycles. The first-order chi connectivity index (χ1) is 13.0. The quantitative estimate of drug-likeness (QED) is 0.567. The predicted molar refractivity (Wildman–Crippen MR) is 107 cm³/mol. The molecule has 0 bridgehead atoms. The monoisotopic (exact) mass is 467 g/mol. The molecule has 1 aromatic carbocycles. The van der Waals surface area contributed by atoms with Crippen LogP contribution in [0.25, 0.3) is 11.4 Å². The average Bonchev–Trinajstić information content (AvgIpc) is 3.41. The van der Waals surface area contributed by atoms with Gasteiger partial charge in [-0.3, -0.25) is 0 Å². The standard InChI is InChI=1S/C18H18BrN3O3S2/c19-15-7-5-12(6-8-15)10-20-27(23,24)16-9-14(11-26-16)17-21-18(25-22-17)13-3-1-2-4-13/h5-9,11,13,20H,1-4,10H2. The Morgan fingerprint density at radius 1 is 1.22 bits per heavy atom. The van der Waals surface area contributed by atoms with E-state index in [2.05, 4.69) is 30.8 Å². The molecular formula is C18H18BrN3O3S2. The molecule has 4 rings (SSSR count). The Bertz CT molecular complexity index is 1020. The molecule has 0 spiro atoms. The zero-order valence-electron chi connectivity index (χ0n) is 14.4. The summed E-state index contributed by atoms with van der Waals surface area (Å²) in [5.41, 5.74) is 1.55. The first kappa shape index (κ1) is 18.8. The molecule has 1 fully saturated rings. The van der Waals surface area contributed by atoms with Crippen LogP contribution in [0, 0.1) is 0 Å². The van der Waals surface area contributed by atoms with Crippen LogP contribution in [0.3, 0.4) is 0 Å². The van der Waals surface area contributed by atoms with Gasteiger partial charge in [-0.1, -0.05) is 46.1 Å². The highest BCUT2D eigenvalue weighted by Gasteiger charge is 2.24. The second-order valence-electron chi connectivity index (χ2n) is 6.54. The lowest BCUT2D eigenvalue weighted by Gasteiger charge is -2.05. The normalized spacial score (nSPS) is 15.4. The lowest BCUT2D eigenvalue weighted by atomic mass is 10.1. The molecule has 2 heterocycles. The van der Waals surface area contributed by atoms with Crippen molar-refractivity contribution in [3.05, 3.63) is 51.6 Å². The topological polar surface area (TPSA) is 85.1 Å². The summed E-state index contributed by atoms with van der Waals surface area (Å²) in [6.07, 6.45) is 4.52. The smallest absolute Gasteiger partial charge is 0.250 e. The lowest BCUT2D eigenvalue weighted by Crippen LogP contribution is -2.22. The Morgan fingerprint density at radius 3 is 2.70 bits per heavy atom. The molecule has 9 heteroatoms. The summed E-state index contributed by atoms with van der Waals surface area (Å²) in [5.74, 6) is 1.44. The van der Waals surface area contributed by atoms with Crippen LogP contribution < -0.4 is 4.72 Å². The summed E-state index contributed by atoms with van der Waals surface area (Å²) in [4.78, 5) is 4.47. The molecule has 1 N–H and O–H groups in total. The highest BCUT2D eigenvalue weighted by Crippen LogP contribution is 2.34. The number of thiophene rings is 1. The molecule has 0 radical (unpaired) electrons. The maximum Gasteiger partial charge on any atom is 0.250 e. The first-order valence-electron chi connectivity index (χ1n) is 8.68. The molecule has 142 valence electrons. The van der Waals surface area contributed by atoms with Crippen LogP contribution >= 0.6 is 27.3 Å². The fourth-order valence-electron chi connectivity index (χ4n) is 3.12. The van der Waals surface area contributed by atoms with Gasteiger partial charge >= 0.3 is 0 Å². The largest absolute Gasteiger partial charge is 0.339 e. The van der Waals surface area contributed by atoms with E-state index in [0.29, 0.717) is 23.2 Å². The Labute approximate surface area is 170 Å². The molecule has 1 aliphatic rings. The minimum atomic E-state index is -3.59. The molecule has 27 heavy (non-hydrogen) atoms. The number of halogens is 1. The van der Waals surface area contributed by atoms with Crippen LogP contribution in [-0.2, 0) is 16.6 Å². The zero-order valence-corrected chi connectivity index (χ0v) is 17.6. The second-order valence-corrected chi connectivity index (χ2v) is 10.4. The van der Waals surface area contributed by atoms with Crippen molar-refractivity contribution in [2.75, 3.05) is 0 Å². The molecule has 1 saturated carbocycles. The van der Waals surface area contributed by atoms with E-state index in [0.717, 1.165) is 34.2 Å². The van der Waals surface area contributed by atoms with Crippen molar-refractivity contribution in [3.63, 3.8) is 0 Å². The molecular weight excluding hydrogens is 450 g/mol. The van der Waals surface area contributed by atoms with Crippen molar-refractivity contribution in [3.8, 4) is 11.4 Å². The van der Waals surface area contributed by atoms with Gasteiger partial charge in [0, 0.05) is 27.9 Å². The van der Waals surface area contributed by atoms with Gasteiger partial charge in [0.25, 0.3) is 0 Å². The predicted octanol–water partition coefficient (Wildman–Crippen LogP) is 4.70. The maximum atomic E-state index is 12.6. The van der Waals surface area contributed by atoms with E-state index in [1.54, 1.807) is 11.4 Å². The van der Waals surface area contributed by atoms with Crippen molar-refractivity contribution in [2.24, 2.45) is 0 Å². The Hall–Kier alpha value is -1.55. The van der Waals surface area contributed by atoms with Crippen LogP contribution in [0.4, 0.5) is 0 Å². The van der Waals surface area contributed by atoms with Gasteiger partial charge in [0.1, 0.15) is 4.21 Å². The zero-order chi connectivity index (χ0) is 18.9. The van der Waals surface area contributed by atoms with Gasteiger partial charge in [-0.2, -0.15) is 4.98 Å². The highest BCUT2D eigenvalue weighted by atomic mass is 79.9. The fraction of sp³-hybridized carbons (Fsp3) is 0.333. The number of sulfonamides is 1. The van der Waals surface area contributed by atoms with Gasteiger partial charge in [-0.25, -0.2) is 13.1 Å².